The van der Waals surface area contributed by atoms with Gasteiger partial charge in [0, 0.05) is 12.5 Å². The summed E-state index contributed by atoms with van der Waals surface area (Å²) in [7, 11) is 0. The fraction of sp³-hybridized carbons (Fsp3) is 0.846. The average molecular weight is 238 g/mol. The van der Waals surface area contributed by atoms with Gasteiger partial charge in [-0.15, -0.1) is 0 Å². The summed E-state index contributed by atoms with van der Waals surface area (Å²) in [5, 5.41) is 7.73. The van der Waals surface area contributed by atoms with Crippen molar-refractivity contribution < 1.29 is 0 Å². The van der Waals surface area contributed by atoms with Crippen molar-refractivity contribution in [2.24, 2.45) is 11.8 Å². The maximum Gasteiger partial charge on any atom is 0.138 e. The van der Waals surface area contributed by atoms with E-state index in [0.29, 0.717) is 17.9 Å². The monoisotopic (exact) mass is 238 g/mol. The van der Waals surface area contributed by atoms with Gasteiger partial charge in [-0.05, 0) is 38.8 Å². The zero-order chi connectivity index (χ0) is 12.8. The van der Waals surface area contributed by atoms with E-state index in [1.165, 1.54) is 0 Å². The molecule has 1 rings (SSSR count). The van der Waals surface area contributed by atoms with Crippen molar-refractivity contribution in [1.82, 2.24) is 20.1 Å². The molecule has 4 heteroatoms. The van der Waals surface area contributed by atoms with Crippen molar-refractivity contribution >= 4 is 0 Å². The first-order valence-electron chi connectivity index (χ1n) is 6.65. The van der Waals surface area contributed by atoms with E-state index in [9.17, 15) is 0 Å². The number of rotatable bonds is 7. The van der Waals surface area contributed by atoms with E-state index in [-0.39, 0.29) is 0 Å². The van der Waals surface area contributed by atoms with Gasteiger partial charge in [0.15, 0.2) is 0 Å². The lowest BCUT2D eigenvalue weighted by atomic mass is 9.92. The quantitative estimate of drug-likeness (QED) is 0.792. The minimum Gasteiger partial charge on any atom is -0.317 e. The van der Waals surface area contributed by atoms with Gasteiger partial charge in [-0.25, -0.2) is 9.67 Å². The van der Waals surface area contributed by atoms with E-state index in [0.717, 1.165) is 25.3 Å². The summed E-state index contributed by atoms with van der Waals surface area (Å²) in [5.41, 5.74) is 0. The predicted octanol–water partition coefficient (Wildman–Crippen LogP) is 2.28. The van der Waals surface area contributed by atoms with Crippen LogP contribution < -0.4 is 5.32 Å². The molecule has 0 spiro atoms. The third-order valence-corrected chi connectivity index (χ3v) is 3.18. The van der Waals surface area contributed by atoms with Crippen molar-refractivity contribution in [3.8, 4) is 0 Å². The topological polar surface area (TPSA) is 42.7 Å². The van der Waals surface area contributed by atoms with Crippen molar-refractivity contribution in [3.63, 3.8) is 0 Å². The van der Waals surface area contributed by atoms with Crippen molar-refractivity contribution in [2.45, 2.75) is 47.1 Å². The predicted molar refractivity (Wildman–Crippen MR) is 71.0 cm³/mol. The maximum absolute atomic E-state index is 4.39. The molecule has 1 unspecified atom stereocenters. The number of hydrogen-bond donors (Lipinski definition) is 1. The first kappa shape index (κ1) is 14.2. The molecular weight excluding hydrogens is 212 g/mol. The molecule has 0 aliphatic carbocycles. The Labute approximate surface area is 105 Å². The van der Waals surface area contributed by atoms with Crippen LogP contribution in [0.4, 0.5) is 0 Å². The van der Waals surface area contributed by atoms with E-state index in [1.54, 1.807) is 6.33 Å². The molecule has 1 heterocycles. The largest absolute Gasteiger partial charge is 0.317 e. The van der Waals surface area contributed by atoms with E-state index in [1.807, 2.05) is 4.68 Å². The lowest BCUT2D eigenvalue weighted by Gasteiger charge is -2.21. The molecule has 0 saturated carbocycles. The number of hydrogen-bond acceptors (Lipinski definition) is 3. The smallest absolute Gasteiger partial charge is 0.138 e. The van der Waals surface area contributed by atoms with Crippen LogP contribution in [0.2, 0.25) is 0 Å². The van der Waals surface area contributed by atoms with Crippen molar-refractivity contribution in [3.05, 3.63) is 12.2 Å². The molecule has 0 amide bonds. The molecule has 17 heavy (non-hydrogen) atoms. The van der Waals surface area contributed by atoms with E-state index in [2.05, 4.69) is 50.0 Å². The van der Waals surface area contributed by atoms with Crippen LogP contribution in [0.5, 0.6) is 0 Å². The molecule has 1 aromatic rings. The molecule has 0 aliphatic heterocycles. The van der Waals surface area contributed by atoms with Gasteiger partial charge in [0.1, 0.15) is 12.2 Å². The van der Waals surface area contributed by atoms with Crippen LogP contribution in [0.25, 0.3) is 0 Å². The summed E-state index contributed by atoms with van der Waals surface area (Å²) in [6.07, 6.45) is 2.67. The molecule has 4 nitrogen and oxygen atoms in total. The number of aromatic nitrogens is 3. The normalized spacial score (nSPS) is 13.6. The second-order valence-corrected chi connectivity index (χ2v) is 5.23. The Kier molecular flexibility index (Phi) is 5.62. The highest BCUT2D eigenvalue weighted by atomic mass is 15.3. The van der Waals surface area contributed by atoms with Crippen LogP contribution in [0, 0.1) is 11.8 Å². The summed E-state index contributed by atoms with van der Waals surface area (Å²) >= 11 is 0. The van der Waals surface area contributed by atoms with Crippen LogP contribution in [0.1, 0.15) is 46.5 Å². The summed E-state index contributed by atoms with van der Waals surface area (Å²) in [4.78, 5) is 4.39. The number of nitrogens with one attached hydrogen (secondary N) is 1. The molecule has 0 radical (unpaired) electrons. The molecule has 0 bridgehead atoms. The lowest BCUT2D eigenvalue weighted by molar-refractivity contribution is 0.346. The van der Waals surface area contributed by atoms with Crippen LogP contribution in [-0.2, 0) is 6.42 Å². The third-order valence-electron chi connectivity index (χ3n) is 3.18. The van der Waals surface area contributed by atoms with E-state index in [4.69, 9.17) is 0 Å². The van der Waals surface area contributed by atoms with Gasteiger partial charge in [0.25, 0.3) is 0 Å². The van der Waals surface area contributed by atoms with Crippen LogP contribution in [0.15, 0.2) is 6.33 Å². The second-order valence-electron chi connectivity index (χ2n) is 5.23. The van der Waals surface area contributed by atoms with Crippen LogP contribution in [0.3, 0.4) is 0 Å². The molecule has 0 aliphatic rings. The minimum atomic E-state index is 0.388. The fourth-order valence-electron chi connectivity index (χ4n) is 1.96. The summed E-state index contributed by atoms with van der Waals surface area (Å²) in [6, 6.07) is 0.388. The van der Waals surface area contributed by atoms with Crippen molar-refractivity contribution in [2.75, 3.05) is 13.1 Å². The standard InChI is InChI=1S/C13H26N4/c1-6-14-8-12(10(2)3)7-13-15-9-16-17(13)11(4)5/h9-12,14H,6-8H2,1-5H3. The fourth-order valence-corrected chi connectivity index (χ4v) is 1.96. The van der Waals surface area contributed by atoms with Crippen molar-refractivity contribution in [1.29, 1.82) is 0 Å². The highest BCUT2D eigenvalue weighted by Crippen LogP contribution is 2.17. The highest BCUT2D eigenvalue weighted by molar-refractivity contribution is 4.90. The lowest BCUT2D eigenvalue weighted by Crippen LogP contribution is -2.28. The van der Waals surface area contributed by atoms with Gasteiger partial charge in [0.2, 0.25) is 0 Å². The summed E-state index contributed by atoms with van der Waals surface area (Å²) < 4.78 is 2.03. The van der Waals surface area contributed by atoms with Crippen LogP contribution in [-0.4, -0.2) is 27.9 Å². The molecule has 0 saturated heterocycles. The molecule has 98 valence electrons. The maximum atomic E-state index is 4.39. The highest BCUT2D eigenvalue weighted by Gasteiger charge is 2.17. The zero-order valence-electron chi connectivity index (χ0n) is 11.8. The summed E-state index contributed by atoms with van der Waals surface area (Å²) in [6.45, 7) is 13.1. The van der Waals surface area contributed by atoms with Crippen LogP contribution >= 0.6 is 0 Å². The Morgan fingerprint density at radius 1 is 1.29 bits per heavy atom. The van der Waals surface area contributed by atoms with E-state index >= 15 is 0 Å². The summed E-state index contributed by atoms with van der Waals surface area (Å²) in [5.74, 6) is 2.39. The second kappa shape index (κ2) is 6.74. The molecule has 1 N–H and O–H groups in total. The molecule has 1 aromatic heterocycles. The Hall–Kier alpha value is -0.900. The van der Waals surface area contributed by atoms with Gasteiger partial charge in [-0.2, -0.15) is 5.10 Å². The third kappa shape index (κ3) is 4.11. The minimum absolute atomic E-state index is 0.388. The Balaban J connectivity index is 2.68. The van der Waals surface area contributed by atoms with Gasteiger partial charge in [0.05, 0.1) is 0 Å². The van der Waals surface area contributed by atoms with Gasteiger partial charge in [-0.3, -0.25) is 0 Å². The molecule has 1 atom stereocenters. The van der Waals surface area contributed by atoms with Gasteiger partial charge >= 0.3 is 0 Å². The zero-order valence-corrected chi connectivity index (χ0v) is 11.8. The SMILES string of the molecule is CCNCC(Cc1ncnn1C(C)C)C(C)C. The van der Waals surface area contributed by atoms with E-state index < -0.39 is 0 Å². The van der Waals surface area contributed by atoms with Gasteiger partial charge in [-0.1, -0.05) is 20.8 Å². The molecule has 0 aromatic carbocycles. The molecular formula is C13H26N4. The average Bonchev–Trinajstić information content (AvgIpc) is 2.71. The number of nitrogens with zero attached hydrogens (tertiary/aromatic N) is 3. The Morgan fingerprint density at radius 3 is 2.53 bits per heavy atom. The first-order valence-corrected chi connectivity index (χ1v) is 6.65. The van der Waals surface area contributed by atoms with Gasteiger partial charge < -0.3 is 5.32 Å². The molecule has 0 fully saturated rings. The first-order chi connectivity index (χ1) is 8.06. The Morgan fingerprint density at radius 2 is 2.00 bits per heavy atom. The Bertz CT molecular complexity index is 317.